The summed E-state index contributed by atoms with van der Waals surface area (Å²) in [5, 5.41) is 8.86. The molecule has 1 atom stereocenters. The molecular weight excluding hydrogens is 182 g/mol. The maximum atomic E-state index is 10.8. The molecule has 1 unspecified atom stereocenters. The Morgan fingerprint density at radius 3 is 2.71 bits per heavy atom. The fourth-order valence-electron chi connectivity index (χ4n) is 1.04. The highest BCUT2D eigenvalue weighted by molar-refractivity contribution is 5.73. The Morgan fingerprint density at radius 2 is 2.29 bits per heavy atom. The van der Waals surface area contributed by atoms with Crippen molar-refractivity contribution < 1.29 is 14.6 Å². The van der Waals surface area contributed by atoms with Gasteiger partial charge in [0.2, 0.25) is 0 Å². The Hall–Kier alpha value is -1.58. The number of hydrogen-bond acceptors (Lipinski definition) is 3. The minimum Gasteiger partial charge on any atom is -0.478 e. The fourth-order valence-corrected chi connectivity index (χ4v) is 1.04. The van der Waals surface area contributed by atoms with Crippen molar-refractivity contribution in [2.45, 2.75) is 20.0 Å². The van der Waals surface area contributed by atoms with Crippen LogP contribution in [0.3, 0.4) is 0 Å². The largest absolute Gasteiger partial charge is 0.478 e. The number of nitrogens with zero attached hydrogens (tertiary/aromatic N) is 1. The Balaban J connectivity index is 2.70. The van der Waals surface area contributed by atoms with Gasteiger partial charge in [-0.1, -0.05) is 13.8 Å². The number of carboxylic acid groups (broad SMARTS) is 1. The zero-order valence-electron chi connectivity index (χ0n) is 8.18. The summed E-state index contributed by atoms with van der Waals surface area (Å²) >= 11 is 0. The van der Waals surface area contributed by atoms with E-state index in [9.17, 15) is 4.79 Å². The predicted octanol–water partition coefficient (Wildman–Crippen LogP) is 1.57. The van der Waals surface area contributed by atoms with Gasteiger partial charge in [0.15, 0.2) is 6.10 Å². The standard InChI is InChI=1S/C10H13NO3/c1-7(2)9(10(12)13)14-8-4-3-5-11-6-8/h3-7,9H,1-2H3,(H,12,13). The molecule has 0 saturated carbocycles. The first-order chi connectivity index (χ1) is 6.61. The summed E-state index contributed by atoms with van der Waals surface area (Å²) in [4.78, 5) is 14.6. The molecule has 0 aliphatic carbocycles. The van der Waals surface area contributed by atoms with Crippen LogP contribution in [0, 0.1) is 5.92 Å². The van der Waals surface area contributed by atoms with Gasteiger partial charge in [-0.05, 0) is 12.1 Å². The normalized spacial score (nSPS) is 12.5. The predicted molar refractivity (Wildman–Crippen MR) is 51.1 cm³/mol. The molecule has 1 N–H and O–H groups in total. The van der Waals surface area contributed by atoms with Crippen molar-refractivity contribution in [2.75, 3.05) is 0 Å². The molecule has 0 radical (unpaired) electrons. The molecule has 0 fully saturated rings. The van der Waals surface area contributed by atoms with Crippen molar-refractivity contribution in [1.29, 1.82) is 0 Å². The van der Waals surface area contributed by atoms with Crippen LogP contribution in [0.2, 0.25) is 0 Å². The summed E-state index contributed by atoms with van der Waals surface area (Å²) in [5.74, 6) is -0.551. The number of hydrogen-bond donors (Lipinski definition) is 1. The van der Waals surface area contributed by atoms with Gasteiger partial charge in [-0.25, -0.2) is 4.79 Å². The lowest BCUT2D eigenvalue weighted by Gasteiger charge is -2.17. The number of pyridine rings is 1. The summed E-state index contributed by atoms with van der Waals surface area (Å²) in [6, 6.07) is 3.39. The first-order valence-corrected chi connectivity index (χ1v) is 4.40. The molecule has 0 bridgehead atoms. The van der Waals surface area contributed by atoms with Gasteiger partial charge >= 0.3 is 5.97 Å². The molecule has 0 amide bonds. The highest BCUT2D eigenvalue weighted by Crippen LogP contribution is 2.14. The van der Waals surface area contributed by atoms with Gasteiger partial charge in [0.1, 0.15) is 5.75 Å². The van der Waals surface area contributed by atoms with Gasteiger partial charge < -0.3 is 9.84 Å². The van der Waals surface area contributed by atoms with E-state index in [0.717, 1.165) is 0 Å². The molecule has 4 nitrogen and oxygen atoms in total. The summed E-state index contributed by atoms with van der Waals surface area (Å²) in [6.07, 6.45) is 2.29. The van der Waals surface area contributed by atoms with Crippen LogP contribution in [-0.2, 0) is 4.79 Å². The molecule has 0 aliphatic rings. The van der Waals surface area contributed by atoms with Crippen molar-refractivity contribution in [3.05, 3.63) is 24.5 Å². The quantitative estimate of drug-likeness (QED) is 0.792. The summed E-state index contributed by atoms with van der Waals surface area (Å²) in [6.45, 7) is 3.60. The van der Waals surface area contributed by atoms with Crippen LogP contribution in [0.25, 0.3) is 0 Å². The molecule has 4 heteroatoms. The third-order valence-corrected chi connectivity index (χ3v) is 1.75. The van der Waals surface area contributed by atoms with Gasteiger partial charge in [-0.15, -0.1) is 0 Å². The highest BCUT2D eigenvalue weighted by atomic mass is 16.5. The monoisotopic (exact) mass is 195 g/mol. The summed E-state index contributed by atoms with van der Waals surface area (Å²) in [7, 11) is 0. The van der Waals surface area contributed by atoms with Gasteiger partial charge in [-0.2, -0.15) is 0 Å². The molecule has 0 spiro atoms. The average Bonchev–Trinajstić information content (AvgIpc) is 2.15. The highest BCUT2D eigenvalue weighted by Gasteiger charge is 2.23. The maximum Gasteiger partial charge on any atom is 0.345 e. The van der Waals surface area contributed by atoms with E-state index in [1.807, 2.05) is 0 Å². The third kappa shape index (κ3) is 2.73. The van der Waals surface area contributed by atoms with E-state index < -0.39 is 12.1 Å². The van der Waals surface area contributed by atoms with E-state index >= 15 is 0 Å². The Morgan fingerprint density at radius 1 is 1.57 bits per heavy atom. The molecule has 14 heavy (non-hydrogen) atoms. The fraction of sp³-hybridized carbons (Fsp3) is 0.400. The molecule has 1 aromatic heterocycles. The van der Waals surface area contributed by atoms with E-state index in [2.05, 4.69) is 4.98 Å². The minimum absolute atomic E-state index is 0.0762. The Labute approximate surface area is 82.5 Å². The van der Waals surface area contributed by atoms with Gasteiger partial charge in [0, 0.05) is 12.1 Å². The van der Waals surface area contributed by atoms with Crippen molar-refractivity contribution in [2.24, 2.45) is 5.92 Å². The smallest absolute Gasteiger partial charge is 0.345 e. The molecule has 0 aromatic carbocycles. The van der Waals surface area contributed by atoms with Crippen molar-refractivity contribution in [3.8, 4) is 5.75 Å². The second kappa shape index (κ2) is 4.60. The van der Waals surface area contributed by atoms with Crippen LogP contribution in [0.4, 0.5) is 0 Å². The molecule has 76 valence electrons. The van der Waals surface area contributed by atoms with Gasteiger partial charge in [-0.3, -0.25) is 4.98 Å². The lowest BCUT2D eigenvalue weighted by atomic mass is 10.1. The van der Waals surface area contributed by atoms with Crippen LogP contribution in [0.5, 0.6) is 5.75 Å². The first-order valence-electron chi connectivity index (χ1n) is 4.40. The lowest BCUT2D eigenvalue weighted by Crippen LogP contribution is -2.32. The van der Waals surface area contributed by atoms with E-state index in [4.69, 9.17) is 9.84 Å². The van der Waals surface area contributed by atoms with Crippen LogP contribution >= 0.6 is 0 Å². The molecule has 1 rings (SSSR count). The maximum absolute atomic E-state index is 10.8. The third-order valence-electron chi connectivity index (χ3n) is 1.75. The van der Waals surface area contributed by atoms with Crippen LogP contribution < -0.4 is 4.74 Å². The SMILES string of the molecule is CC(C)C(Oc1cccnc1)C(=O)O. The Bertz CT molecular complexity index is 297. The van der Waals surface area contributed by atoms with Crippen molar-refractivity contribution >= 4 is 5.97 Å². The summed E-state index contributed by atoms with van der Waals surface area (Å²) < 4.78 is 5.28. The minimum atomic E-state index is -0.955. The lowest BCUT2D eigenvalue weighted by molar-refractivity contribution is -0.147. The number of carboxylic acids is 1. The average molecular weight is 195 g/mol. The summed E-state index contributed by atoms with van der Waals surface area (Å²) in [5.41, 5.74) is 0. The number of rotatable bonds is 4. The van der Waals surface area contributed by atoms with Crippen LogP contribution in [0.1, 0.15) is 13.8 Å². The zero-order valence-corrected chi connectivity index (χ0v) is 8.18. The van der Waals surface area contributed by atoms with E-state index in [1.165, 1.54) is 6.20 Å². The second-order valence-corrected chi connectivity index (χ2v) is 3.31. The van der Waals surface area contributed by atoms with Gasteiger partial charge in [0.05, 0.1) is 6.20 Å². The van der Waals surface area contributed by atoms with Gasteiger partial charge in [0.25, 0.3) is 0 Å². The van der Waals surface area contributed by atoms with Crippen LogP contribution in [-0.4, -0.2) is 22.2 Å². The Kier molecular flexibility index (Phi) is 3.45. The van der Waals surface area contributed by atoms with Crippen molar-refractivity contribution in [1.82, 2.24) is 4.98 Å². The molecular formula is C10H13NO3. The molecule has 0 saturated heterocycles. The topological polar surface area (TPSA) is 59.4 Å². The zero-order chi connectivity index (χ0) is 10.6. The second-order valence-electron chi connectivity index (χ2n) is 3.31. The first kappa shape index (κ1) is 10.5. The number of aliphatic carboxylic acids is 1. The number of ether oxygens (including phenoxy) is 1. The van der Waals surface area contributed by atoms with E-state index in [1.54, 1.807) is 32.2 Å². The molecule has 1 heterocycles. The van der Waals surface area contributed by atoms with Crippen molar-refractivity contribution in [3.63, 3.8) is 0 Å². The number of carbonyl (C=O) groups is 1. The van der Waals surface area contributed by atoms with E-state index in [-0.39, 0.29) is 5.92 Å². The molecule has 0 aliphatic heterocycles. The number of aromatic nitrogens is 1. The molecule has 1 aromatic rings. The van der Waals surface area contributed by atoms with E-state index in [0.29, 0.717) is 5.75 Å². The van der Waals surface area contributed by atoms with Crippen LogP contribution in [0.15, 0.2) is 24.5 Å².